The van der Waals surface area contributed by atoms with E-state index in [1.165, 1.54) is 22.1 Å². The maximum absolute atomic E-state index is 4.10. The highest BCUT2D eigenvalue weighted by molar-refractivity contribution is 5.84. The van der Waals surface area contributed by atoms with Crippen molar-refractivity contribution in [1.82, 2.24) is 10.2 Å². The molecule has 0 aliphatic heterocycles. The van der Waals surface area contributed by atoms with Crippen molar-refractivity contribution in [3.8, 4) is 0 Å². The lowest BCUT2D eigenvalue weighted by molar-refractivity contribution is 1.03. The Balaban J connectivity index is 2.82. The Morgan fingerprint density at radius 3 is 2.57 bits per heavy atom. The van der Waals surface area contributed by atoms with Gasteiger partial charge < -0.3 is 0 Å². The van der Waals surface area contributed by atoms with Crippen molar-refractivity contribution >= 4 is 10.9 Å². The van der Waals surface area contributed by atoms with Crippen molar-refractivity contribution in [2.75, 3.05) is 0 Å². The largest absolute Gasteiger partial charge is 0.278 e. The van der Waals surface area contributed by atoms with Gasteiger partial charge in [-0.3, -0.25) is 5.10 Å². The summed E-state index contributed by atoms with van der Waals surface area (Å²) in [7, 11) is 0. The van der Waals surface area contributed by atoms with Gasteiger partial charge in [0, 0.05) is 5.39 Å². The molecule has 2 aromatic rings. The number of benzene rings is 1. The van der Waals surface area contributed by atoms with Crippen LogP contribution in [-0.2, 0) is 12.8 Å². The number of aromatic amines is 1. The van der Waals surface area contributed by atoms with Gasteiger partial charge in [0.1, 0.15) is 0 Å². The molecule has 2 nitrogen and oxygen atoms in total. The Labute approximate surface area is 84.3 Å². The molecule has 0 aliphatic carbocycles. The molecular formula is C12H16N2. The molecular weight excluding hydrogens is 172 g/mol. The molecule has 0 fully saturated rings. The second-order valence-corrected chi connectivity index (χ2v) is 3.69. The molecule has 0 aliphatic rings. The third-order valence-electron chi connectivity index (χ3n) is 2.90. The van der Waals surface area contributed by atoms with Gasteiger partial charge >= 0.3 is 0 Å². The van der Waals surface area contributed by atoms with Crippen LogP contribution in [0.3, 0.4) is 0 Å². The molecule has 0 saturated heterocycles. The first-order valence-electron chi connectivity index (χ1n) is 5.22. The highest BCUT2D eigenvalue weighted by Crippen LogP contribution is 2.25. The van der Waals surface area contributed by atoms with E-state index >= 15 is 0 Å². The molecule has 0 unspecified atom stereocenters. The van der Waals surface area contributed by atoms with Gasteiger partial charge in [-0.15, -0.1) is 0 Å². The summed E-state index contributed by atoms with van der Waals surface area (Å²) in [5.41, 5.74) is 5.48. The minimum Gasteiger partial charge on any atom is -0.278 e. The van der Waals surface area contributed by atoms with Gasteiger partial charge in [-0.05, 0) is 42.5 Å². The number of hydrogen-bond donors (Lipinski definition) is 1. The quantitative estimate of drug-likeness (QED) is 0.771. The molecule has 1 aromatic heterocycles. The second-order valence-electron chi connectivity index (χ2n) is 3.69. The number of hydrogen-bond acceptors (Lipinski definition) is 1. The summed E-state index contributed by atoms with van der Waals surface area (Å²) < 4.78 is 0. The van der Waals surface area contributed by atoms with Gasteiger partial charge in [0.25, 0.3) is 0 Å². The average molecular weight is 188 g/mol. The summed E-state index contributed by atoms with van der Waals surface area (Å²) in [4.78, 5) is 0. The summed E-state index contributed by atoms with van der Waals surface area (Å²) in [5.74, 6) is 0. The number of aryl methyl sites for hydroxylation is 2. The standard InChI is InChI=1S/C12H16N2/c1-4-9-8(3)6-12-11(7-13-14-12)10(9)5-2/h6-7H,4-5H2,1-3H3,(H,13,14). The van der Waals surface area contributed by atoms with Gasteiger partial charge in [0.15, 0.2) is 0 Å². The molecule has 0 amide bonds. The van der Waals surface area contributed by atoms with Crippen LogP contribution in [0.15, 0.2) is 12.3 Å². The summed E-state index contributed by atoms with van der Waals surface area (Å²) >= 11 is 0. The lowest BCUT2D eigenvalue weighted by Gasteiger charge is -2.10. The predicted octanol–water partition coefficient (Wildman–Crippen LogP) is 3.00. The molecule has 74 valence electrons. The van der Waals surface area contributed by atoms with Crippen LogP contribution in [0.25, 0.3) is 10.9 Å². The molecule has 0 bridgehead atoms. The van der Waals surface area contributed by atoms with Crippen LogP contribution >= 0.6 is 0 Å². The van der Waals surface area contributed by atoms with Gasteiger partial charge in [0.2, 0.25) is 0 Å². The fraction of sp³-hybridized carbons (Fsp3) is 0.417. The molecule has 2 heteroatoms. The smallest absolute Gasteiger partial charge is 0.0655 e. The molecule has 1 N–H and O–H groups in total. The normalized spacial score (nSPS) is 11.1. The van der Waals surface area contributed by atoms with Crippen LogP contribution in [-0.4, -0.2) is 10.2 Å². The number of rotatable bonds is 2. The first-order chi connectivity index (χ1) is 6.77. The van der Waals surface area contributed by atoms with Crippen molar-refractivity contribution in [2.24, 2.45) is 0 Å². The van der Waals surface area contributed by atoms with Crippen molar-refractivity contribution in [1.29, 1.82) is 0 Å². The molecule has 2 rings (SSSR count). The zero-order valence-electron chi connectivity index (χ0n) is 9.02. The number of fused-ring (bicyclic) bond motifs is 1. The topological polar surface area (TPSA) is 28.7 Å². The Morgan fingerprint density at radius 2 is 1.93 bits per heavy atom. The zero-order valence-corrected chi connectivity index (χ0v) is 9.02. The predicted molar refractivity (Wildman–Crippen MR) is 59.6 cm³/mol. The molecule has 0 saturated carbocycles. The second kappa shape index (κ2) is 3.45. The van der Waals surface area contributed by atoms with Crippen LogP contribution in [0.5, 0.6) is 0 Å². The zero-order chi connectivity index (χ0) is 10.1. The SMILES string of the molecule is CCc1c(C)cc2[nH]ncc2c1CC. The van der Waals surface area contributed by atoms with Crippen LogP contribution in [0, 0.1) is 6.92 Å². The molecule has 1 heterocycles. The Hall–Kier alpha value is -1.31. The van der Waals surface area contributed by atoms with Crippen molar-refractivity contribution in [3.05, 3.63) is 29.0 Å². The van der Waals surface area contributed by atoms with Gasteiger partial charge in [-0.1, -0.05) is 13.8 Å². The van der Waals surface area contributed by atoms with E-state index in [0.717, 1.165) is 18.4 Å². The van der Waals surface area contributed by atoms with Crippen molar-refractivity contribution in [2.45, 2.75) is 33.6 Å². The average Bonchev–Trinajstić information content (AvgIpc) is 2.62. The molecule has 1 aromatic carbocycles. The highest BCUT2D eigenvalue weighted by Gasteiger charge is 2.08. The highest BCUT2D eigenvalue weighted by atomic mass is 15.1. The minimum atomic E-state index is 1.08. The lowest BCUT2D eigenvalue weighted by atomic mass is 9.95. The van der Waals surface area contributed by atoms with E-state index in [1.54, 1.807) is 0 Å². The number of aromatic nitrogens is 2. The summed E-state index contributed by atoms with van der Waals surface area (Å²) in [6, 6.07) is 2.19. The molecule has 14 heavy (non-hydrogen) atoms. The number of nitrogens with zero attached hydrogens (tertiary/aromatic N) is 1. The first kappa shape index (κ1) is 9.25. The third-order valence-corrected chi connectivity index (χ3v) is 2.90. The first-order valence-corrected chi connectivity index (χ1v) is 5.22. The van der Waals surface area contributed by atoms with Gasteiger partial charge in [-0.2, -0.15) is 5.10 Å². The van der Waals surface area contributed by atoms with E-state index in [1.807, 2.05) is 6.20 Å². The summed E-state index contributed by atoms with van der Waals surface area (Å²) in [6.07, 6.45) is 4.13. The Kier molecular flexibility index (Phi) is 2.28. The number of nitrogens with one attached hydrogen (secondary N) is 1. The van der Waals surface area contributed by atoms with E-state index in [-0.39, 0.29) is 0 Å². The van der Waals surface area contributed by atoms with E-state index in [2.05, 4.69) is 37.0 Å². The van der Waals surface area contributed by atoms with E-state index in [4.69, 9.17) is 0 Å². The summed E-state index contributed by atoms with van der Waals surface area (Å²) in [6.45, 7) is 6.60. The van der Waals surface area contributed by atoms with Crippen LogP contribution < -0.4 is 0 Å². The molecule has 0 atom stereocenters. The monoisotopic (exact) mass is 188 g/mol. The minimum absolute atomic E-state index is 1.08. The van der Waals surface area contributed by atoms with E-state index in [0.29, 0.717) is 0 Å². The maximum atomic E-state index is 4.10. The fourth-order valence-corrected chi connectivity index (χ4v) is 2.25. The van der Waals surface area contributed by atoms with E-state index < -0.39 is 0 Å². The van der Waals surface area contributed by atoms with Crippen LogP contribution in [0.2, 0.25) is 0 Å². The van der Waals surface area contributed by atoms with Crippen molar-refractivity contribution in [3.63, 3.8) is 0 Å². The fourth-order valence-electron chi connectivity index (χ4n) is 2.25. The maximum Gasteiger partial charge on any atom is 0.0655 e. The Bertz CT molecular complexity index is 455. The Morgan fingerprint density at radius 1 is 1.21 bits per heavy atom. The summed E-state index contributed by atoms with van der Waals surface area (Å²) in [5, 5.41) is 8.42. The third kappa shape index (κ3) is 1.22. The van der Waals surface area contributed by atoms with Crippen LogP contribution in [0.4, 0.5) is 0 Å². The lowest BCUT2D eigenvalue weighted by Crippen LogP contribution is -1.95. The van der Waals surface area contributed by atoms with Crippen molar-refractivity contribution < 1.29 is 0 Å². The van der Waals surface area contributed by atoms with Gasteiger partial charge in [0.05, 0.1) is 11.7 Å². The van der Waals surface area contributed by atoms with Crippen LogP contribution in [0.1, 0.15) is 30.5 Å². The van der Waals surface area contributed by atoms with E-state index in [9.17, 15) is 0 Å². The molecule has 0 radical (unpaired) electrons. The van der Waals surface area contributed by atoms with Gasteiger partial charge in [-0.25, -0.2) is 0 Å². The molecule has 0 spiro atoms. The number of H-pyrrole nitrogens is 1.